The molecule has 1 aliphatic heterocycles. The van der Waals surface area contributed by atoms with Gasteiger partial charge < -0.3 is 10.6 Å². The number of rotatable bonds is 9. The molecule has 0 amide bonds. The van der Waals surface area contributed by atoms with Crippen LogP contribution >= 0.6 is 23.1 Å². The molecule has 28 heavy (non-hydrogen) atoms. The molecule has 6 nitrogen and oxygen atoms in total. The summed E-state index contributed by atoms with van der Waals surface area (Å²) in [7, 11) is 0. The molecule has 0 atom stereocenters. The second-order valence-electron chi connectivity index (χ2n) is 6.78. The number of pyridine rings is 1. The number of likely N-dealkylation sites (tertiary alicyclic amines) is 1. The maximum atomic E-state index is 4.75. The van der Waals surface area contributed by atoms with E-state index >= 15 is 0 Å². The summed E-state index contributed by atoms with van der Waals surface area (Å²) in [5, 5.41) is 9.03. The van der Waals surface area contributed by atoms with Crippen molar-refractivity contribution >= 4 is 29.1 Å². The highest BCUT2D eigenvalue weighted by Gasteiger charge is 2.20. The largest absolute Gasteiger partial charge is 0.357 e. The first kappa shape index (κ1) is 21.1. The Bertz CT molecular complexity index is 684. The maximum Gasteiger partial charge on any atom is 0.191 e. The first-order chi connectivity index (χ1) is 13.8. The van der Waals surface area contributed by atoms with Gasteiger partial charge in [-0.25, -0.2) is 4.98 Å². The highest BCUT2D eigenvalue weighted by molar-refractivity contribution is 8.00. The van der Waals surface area contributed by atoms with E-state index < -0.39 is 0 Å². The first-order valence-electron chi connectivity index (χ1n) is 10.0. The van der Waals surface area contributed by atoms with Crippen molar-refractivity contribution in [2.75, 3.05) is 31.9 Å². The van der Waals surface area contributed by atoms with E-state index in [1.807, 2.05) is 35.6 Å². The van der Waals surface area contributed by atoms with Crippen molar-refractivity contribution in [1.29, 1.82) is 0 Å². The molecule has 2 aromatic rings. The van der Waals surface area contributed by atoms with E-state index in [2.05, 4.69) is 44.6 Å². The van der Waals surface area contributed by atoms with E-state index in [-0.39, 0.29) is 0 Å². The molecule has 0 aromatic carbocycles. The van der Waals surface area contributed by atoms with Gasteiger partial charge in [0.25, 0.3) is 0 Å². The van der Waals surface area contributed by atoms with Gasteiger partial charge in [-0.3, -0.25) is 14.9 Å². The Balaban J connectivity index is 1.36. The number of aliphatic imine (C=N–C) groups is 1. The smallest absolute Gasteiger partial charge is 0.191 e. The van der Waals surface area contributed by atoms with Crippen LogP contribution in [0.4, 0.5) is 0 Å². The van der Waals surface area contributed by atoms with Gasteiger partial charge in [0.2, 0.25) is 0 Å². The van der Waals surface area contributed by atoms with Crippen molar-refractivity contribution in [2.24, 2.45) is 4.99 Å². The van der Waals surface area contributed by atoms with Crippen LogP contribution in [0.1, 0.15) is 31.9 Å². The fourth-order valence-electron chi connectivity index (χ4n) is 3.17. The van der Waals surface area contributed by atoms with Gasteiger partial charge in [0.15, 0.2) is 5.96 Å². The third-order valence-corrected chi connectivity index (χ3v) is 6.64. The Kier molecular flexibility index (Phi) is 9.06. The summed E-state index contributed by atoms with van der Waals surface area (Å²) in [4.78, 5) is 16.0. The summed E-state index contributed by atoms with van der Waals surface area (Å²) in [6.07, 6.45) is 7.07. The number of nitrogens with one attached hydrogen (secondary N) is 2. The SMILES string of the molecule is CCNC(=NCCCSc1nccs1)NC1CCN(Cc2ccccn2)CC1. The lowest BCUT2D eigenvalue weighted by Crippen LogP contribution is -2.48. The molecule has 2 aromatic heterocycles. The molecule has 0 spiro atoms. The van der Waals surface area contributed by atoms with E-state index in [0.717, 1.165) is 73.7 Å². The topological polar surface area (TPSA) is 65.4 Å². The summed E-state index contributed by atoms with van der Waals surface area (Å²) in [5.74, 6) is 2.01. The molecule has 0 bridgehead atoms. The van der Waals surface area contributed by atoms with Crippen molar-refractivity contribution in [3.05, 3.63) is 41.7 Å². The molecular weight excluding hydrogens is 388 g/mol. The molecule has 1 aliphatic rings. The highest BCUT2D eigenvalue weighted by Crippen LogP contribution is 2.20. The first-order valence-corrected chi connectivity index (χ1v) is 11.9. The van der Waals surface area contributed by atoms with Gasteiger partial charge in [0.1, 0.15) is 4.34 Å². The Morgan fingerprint density at radius 2 is 2.18 bits per heavy atom. The average molecular weight is 419 g/mol. The molecular formula is C20H30N6S2. The Hall–Kier alpha value is -1.64. The molecule has 1 saturated heterocycles. The minimum atomic E-state index is 0.488. The standard InChI is InChI=1S/C20H30N6S2/c1-2-21-19(23-10-5-14-27-20-24-11-15-28-20)25-17-7-12-26(13-8-17)16-18-6-3-4-9-22-18/h3-4,6,9,11,15,17H,2,5,7-8,10,12-14,16H2,1H3,(H2,21,23,25). The van der Waals surface area contributed by atoms with Gasteiger partial charge in [-0.1, -0.05) is 17.8 Å². The van der Waals surface area contributed by atoms with Gasteiger partial charge >= 0.3 is 0 Å². The van der Waals surface area contributed by atoms with Crippen molar-refractivity contribution in [3.8, 4) is 0 Å². The second-order valence-corrected chi connectivity index (χ2v) is 9.01. The number of piperidine rings is 1. The van der Waals surface area contributed by atoms with Gasteiger partial charge in [0, 0.05) is 62.3 Å². The van der Waals surface area contributed by atoms with E-state index in [1.54, 1.807) is 11.3 Å². The molecule has 3 heterocycles. The van der Waals surface area contributed by atoms with Crippen molar-refractivity contribution in [3.63, 3.8) is 0 Å². The summed E-state index contributed by atoms with van der Waals surface area (Å²) < 4.78 is 1.14. The Morgan fingerprint density at radius 1 is 1.29 bits per heavy atom. The molecule has 3 rings (SSSR count). The zero-order valence-electron chi connectivity index (χ0n) is 16.5. The number of guanidine groups is 1. The predicted molar refractivity (Wildman–Crippen MR) is 119 cm³/mol. The van der Waals surface area contributed by atoms with E-state index in [4.69, 9.17) is 4.99 Å². The molecule has 2 N–H and O–H groups in total. The van der Waals surface area contributed by atoms with Gasteiger partial charge in [0.05, 0.1) is 5.69 Å². The lowest BCUT2D eigenvalue weighted by Gasteiger charge is -2.32. The lowest BCUT2D eigenvalue weighted by atomic mass is 10.0. The van der Waals surface area contributed by atoms with Gasteiger partial charge in [-0.15, -0.1) is 11.3 Å². The molecule has 0 aliphatic carbocycles. The number of thioether (sulfide) groups is 1. The van der Waals surface area contributed by atoms with Crippen LogP contribution in [0.5, 0.6) is 0 Å². The van der Waals surface area contributed by atoms with Crippen LogP contribution in [0.25, 0.3) is 0 Å². The van der Waals surface area contributed by atoms with Gasteiger partial charge in [-0.05, 0) is 38.3 Å². The number of aromatic nitrogens is 2. The van der Waals surface area contributed by atoms with Crippen LogP contribution < -0.4 is 10.6 Å². The van der Waals surface area contributed by atoms with E-state index in [1.165, 1.54) is 0 Å². The van der Waals surface area contributed by atoms with Gasteiger partial charge in [-0.2, -0.15) is 0 Å². The number of thiazole rings is 1. The van der Waals surface area contributed by atoms with E-state index in [0.29, 0.717) is 6.04 Å². The summed E-state index contributed by atoms with van der Waals surface area (Å²) in [6, 6.07) is 6.62. The Labute approximate surface area is 176 Å². The predicted octanol–water partition coefficient (Wildman–Crippen LogP) is 3.24. The van der Waals surface area contributed by atoms with Crippen molar-refractivity contribution < 1.29 is 0 Å². The summed E-state index contributed by atoms with van der Waals surface area (Å²) in [5.41, 5.74) is 1.15. The summed E-state index contributed by atoms with van der Waals surface area (Å²) in [6.45, 7) is 6.98. The van der Waals surface area contributed by atoms with E-state index in [9.17, 15) is 0 Å². The van der Waals surface area contributed by atoms with Crippen LogP contribution in [0, 0.1) is 0 Å². The summed E-state index contributed by atoms with van der Waals surface area (Å²) >= 11 is 3.52. The molecule has 1 fully saturated rings. The third-order valence-electron chi connectivity index (χ3n) is 4.59. The molecule has 0 unspecified atom stereocenters. The fraction of sp³-hybridized carbons (Fsp3) is 0.550. The fourth-order valence-corrected chi connectivity index (χ4v) is 4.80. The maximum absolute atomic E-state index is 4.75. The zero-order valence-corrected chi connectivity index (χ0v) is 18.1. The molecule has 8 heteroatoms. The number of hydrogen-bond donors (Lipinski definition) is 2. The quantitative estimate of drug-likeness (QED) is 0.282. The van der Waals surface area contributed by atoms with Crippen LogP contribution in [0.2, 0.25) is 0 Å². The van der Waals surface area contributed by atoms with Crippen LogP contribution in [0.3, 0.4) is 0 Å². The highest BCUT2D eigenvalue weighted by atomic mass is 32.2. The minimum Gasteiger partial charge on any atom is -0.357 e. The zero-order chi connectivity index (χ0) is 19.4. The normalized spacial score (nSPS) is 16.2. The molecule has 0 radical (unpaired) electrons. The van der Waals surface area contributed by atoms with Crippen molar-refractivity contribution in [2.45, 2.75) is 43.1 Å². The molecule has 152 valence electrons. The van der Waals surface area contributed by atoms with Crippen molar-refractivity contribution in [1.82, 2.24) is 25.5 Å². The number of nitrogens with zero attached hydrogens (tertiary/aromatic N) is 4. The monoisotopic (exact) mass is 418 g/mol. The van der Waals surface area contributed by atoms with Crippen LogP contribution in [-0.4, -0.2) is 58.8 Å². The second kappa shape index (κ2) is 12.0. The molecule has 0 saturated carbocycles. The average Bonchev–Trinajstić information content (AvgIpc) is 3.24. The lowest BCUT2D eigenvalue weighted by molar-refractivity contribution is 0.196. The van der Waals surface area contributed by atoms with Crippen LogP contribution in [0.15, 0.2) is 45.3 Å². The Morgan fingerprint density at radius 3 is 2.89 bits per heavy atom. The minimum absolute atomic E-state index is 0.488. The van der Waals surface area contributed by atoms with Crippen LogP contribution in [-0.2, 0) is 6.54 Å². The number of hydrogen-bond acceptors (Lipinski definition) is 6. The third kappa shape index (κ3) is 7.41.